The highest BCUT2D eigenvalue weighted by atomic mass is 16.5. The first kappa shape index (κ1) is 17.9. The van der Waals surface area contributed by atoms with Crippen LogP contribution >= 0.6 is 0 Å². The minimum Gasteiger partial charge on any atom is -0.393 e. The van der Waals surface area contributed by atoms with Gasteiger partial charge in [-0.3, -0.25) is 0 Å². The van der Waals surface area contributed by atoms with E-state index in [2.05, 4.69) is 41.5 Å². The summed E-state index contributed by atoms with van der Waals surface area (Å²) in [4.78, 5) is 0. The van der Waals surface area contributed by atoms with Crippen molar-refractivity contribution < 1.29 is 9.84 Å². The second-order valence-electron chi connectivity index (χ2n) is 6.82. The summed E-state index contributed by atoms with van der Waals surface area (Å²) in [7, 11) is 0. The van der Waals surface area contributed by atoms with Crippen LogP contribution in [-0.4, -0.2) is 23.9 Å². The molecule has 0 aliphatic rings. The van der Waals surface area contributed by atoms with E-state index >= 15 is 0 Å². The number of ether oxygens (including phenoxy) is 1. The Morgan fingerprint density at radius 2 is 1.33 bits per heavy atom. The number of hydrogen-bond acceptors (Lipinski definition) is 2. The van der Waals surface area contributed by atoms with Crippen LogP contribution in [0.25, 0.3) is 0 Å². The van der Waals surface area contributed by atoms with E-state index < -0.39 is 0 Å². The quantitative estimate of drug-likeness (QED) is 0.634. The van der Waals surface area contributed by atoms with E-state index in [1.807, 2.05) is 0 Å². The molecule has 0 aliphatic carbocycles. The molecule has 0 aromatic heterocycles. The van der Waals surface area contributed by atoms with Crippen molar-refractivity contribution in [1.82, 2.24) is 0 Å². The van der Waals surface area contributed by atoms with Crippen molar-refractivity contribution in [2.24, 2.45) is 17.8 Å². The molecule has 2 heteroatoms. The zero-order valence-electron chi connectivity index (χ0n) is 13.3. The third kappa shape index (κ3) is 11.0. The first-order valence-corrected chi connectivity index (χ1v) is 7.60. The molecule has 18 heavy (non-hydrogen) atoms. The summed E-state index contributed by atoms with van der Waals surface area (Å²) < 4.78 is 5.96. The molecular weight excluding hydrogens is 224 g/mol. The van der Waals surface area contributed by atoms with E-state index in [1.54, 1.807) is 0 Å². The SMILES string of the molecule is CC(C)CCOC(CC(C)C)CC(O)CC(C)C. The average molecular weight is 258 g/mol. The second-order valence-corrected chi connectivity index (χ2v) is 6.82. The van der Waals surface area contributed by atoms with Crippen LogP contribution in [0.5, 0.6) is 0 Å². The van der Waals surface area contributed by atoms with E-state index in [1.165, 1.54) is 0 Å². The predicted octanol–water partition coefficient (Wildman–Crippen LogP) is 4.26. The fourth-order valence-electron chi connectivity index (χ4n) is 2.17. The van der Waals surface area contributed by atoms with Gasteiger partial charge in [-0.2, -0.15) is 0 Å². The van der Waals surface area contributed by atoms with Gasteiger partial charge in [0.2, 0.25) is 0 Å². The van der Waals surface area contributed by atoms with E-state index in [0.29, 0.717) is 17.8 Å². The Kier molecular flexibility index (Phi) is 9.76. The Labute approximate surface area is 114 Å². The molecule has 0 aromatic rings. The van der Waals surface area contributed by atoms with Crippen molar-refractivity contribution in [3.8, 4) is 0 Å². The van der Waals surface area contributed by atoms with Crippen LogP contribution in [0, 0.1) is 17.8 Å². The summed E-state index contributed by atoms with van der Waals surface area (Å²) in [5.74, 6) is 1.86. The van der Waals surface area contributed by atoms with Crippen molar-refractivity contribution in [3.05, 3.63) is 0 Å². The van der Waals surface area contributed by atoms with Gasteiger partial charge in [0.05, 0.1) is 12.2 Å². The Hall–Kier alpha value is -0.0800. The third-order valence-corrected chi connectivity index (χ3v) is 3.06. The summed E-state index contributed by atoms with van der Waals surface area (Å²) >= 11 is 0. The van der Waals surface area contributed by atoms with Gasteiger partial charge in [-0.05, 0) is 43.4 Å². The molecule has 0 fully saturated rings. The molecule has 2 nitrogen and oxygen atoms in total. The van der Waals surface area contributed by atoms with Crippen molar-refractivity contribution in [1.29, 1.82) is 0 Å². The Morgan fingerprint density at radius 3 is 1.78 bits per heavy atom. The van der Waals surface area contributed by atoms with Crippen LogP contribution in [0.1, 0.15) is 67.2 Å². The van der Waals surface area contributed by atoms with Crippen molar-refractivity contribution in [2.75, 3.05) is 6.61 Å². The zero-order valence-corrected chi connectivity index (χ0v) is 13.3. The Bertz CT molecular complexity index is 188. The molecule has 0 spiro atoms. The standard InChI is InChI=1S/C16H34O2/c1-12(2)7-8-18-16(10-14(5)6)11-15(17)9-13(3)4/h12-17H,7-11H2,1-6H3. The molecule has 0 radical (unpaired) electrons. The molecule has 0 aliphatic heterocycles. The molecule has 0 rings (SSSR count). The van der Waals surface area contributed by atoms with Crippen LogP contribution in [0.4, 0.5) is 0 Å². The smallest absolute Gasteiger partial charge is 0.0602 e. The first-order valence-electron chi connectivity index (χ1n) is 7.60. The van der Waals surface area contributed by atoms with Crippen molar-refractivity contribution in [3.63, 3.8) is 0 Å². The average Bonchev–Trinajstić information content (AvgIpc) is 2.13. The Balaban J connectivity index is 4.05. The molecular formula is C16H34O2. The van der Waals surface area contributed by atoms with Gasteiger partial charge in [-0.25, -0.2) is 0 Å². The monoisotopic (exact) mass is 258 g/mol. The minimum absolute atomic E-state index is 0.215. The van der Waals surface area contributed by atoms with Crippen LogP contribution in [0.3, 0.4) is 0 Å². The van der Waals surface area contributed by atoms with E-state index in [-0.39, 0.29) is 12.2 Å². The van der Waals surface area contributed by atoms with Gasteiger partial charge >= 0.3 is 0 Å². The first-order chi connectivity index (χ1) is 8.31. The fraction of sp³-hybridized carbons (Fsp3) is 1.00. The molecule has 0 saturated carbocycles. The van der Waals surface area contributed by atoms with Gasteiger partial charge in [0.1, 0.15) is 0 Å². The highest BCUT2D eigenvalue weighted by Gasteiger charge is 2.17. The number of rotatable bonds is 10. The van der Waals surface area contributed by atoms with Crippen molar-refractivity contribution >= 4 is 0 Å². The van der Waals surface area contributed by atoms with E-state index in [4.69, 9.17) is 4.74 Å². The molecule has 1 N–H and O–H groups in total. The van der Waals surface area contributed by atoms with E-state index in [9.17, 15) is 5.11 Å². The van der Waals surface area contributed by atoms with Crippen LogP contribution < -0.4 is 0 Å². The molecule has 0 saturated heterocycles. The largest absolute Gasteiger partial charge is 0.393 e. The lowest BCUT2D eigenvalue weighted by molar-refractivity contribution is -0.00540. The van der Waals surface area contributed by atoms with Gasteiger partial charge < -0.3 is 9.84 Å². The predicted molar refractivity (Wildman–Crippen MR) is 78.7 cm³/mol. The highest BCUT2D eigenvalue weighted by Crippen LogP contribution is 2.18. The summed E-state index contributed by atoms with van der Waals surface area (Å²) in [6.07, 6.45) is 3.82. The number of hydrogen-bond donors (Lipinski definition) is 1. The maximum Gasteiger partial charge on any atom is 0.0602 e. The zero-order chi connectivity index (χ0) is 14.1. The molecule has 0 bridgehead atoms. The molecule has 110 valence electrons. The highest BCUT2D eigenvalue weighted by molar-refractivity contribution is 4.68. The van der Waals surface area contributed by atoms with Crippen LogP contribution in [0.15, 0.2) is 0 Å². The lowest BCUT2D eigenvalue weighted by Crippen LogP contribution is -2.24. The lowest BCUT2D eigenvalue weighted by Gasteiger charge is -2.23. The summed E-state index contributed by atoms with van der Waals surface area (Å²) in [6, 6.07) is 0. The fourth-order valence-corrected chi connectivity index (χ4v) is 2.17. The summed E-state index contributed by atoms with van der Waals surface area (Å²) in [5.41, 5.74) is 0. The van der Waals surface area contributed by atoms with E-state index in [0.717, 1.165) is 32.3 Å². The number of aliphatic hydroxyl groups excluding tert-OH is 1. The van der Waals surface area contributed by atoms with Gasteiger partial charge in [0.15, 0.2) is 0 Å². The molecule has 0 amide bonds. The maximum atomic E-state index is 10.0. The molecule has 2 unspecified atom stereocenters. The summed E-state index contributed by atoms with van der Waals surface area (Å²) in [6.45, 7) is 14.0. The molecule has 2 atom stereocenters. The van der Waals surface area contributed by atoms with Gasteiger partial charge in [0.25, 0.3) is 0 Å². The van der Waals surface area contributed by atoms with Gasteiger partial charge in [-0.1, -0.05) is 41.5 Å². The topological polar surface area (TPSA) is 29.5 Å². The third-order valence-electron chi connectivity index (χ3n) is 3.06. The normalized spacial score (nSPS) is 15.7. The van der Waals surface area contributed by atoms with Gasteiger partial charge in [0, 0.05) is 6.61 Å². The van der Waals surface area contributed by atoms with Crippen LogP contribution in [0.2, 0.25) is 0 Å². The lowest BCUT2D eigenvalue weighted by atomic mass is 9.96. The minimum atomic E-state index is -0.215. The molecule has 0 aromatic carbocycles. The second kappa shape index (κ2) is 9.80. The number of aliphatic hydroxyl groups is 1. The van der Waals surface area contributed by atoms with Crippen molar-refractivity contribution in [2.45, 2.75) is 79.4 Å². The maximum absolute atomic E-state index is 10.0. The Morgan fingerprint density at radius 1 is 0.778 bits per heavy atom. The van der Waals surface area contributed by atoms with Gasteiger partial charge in [-0.15, -0.1) is 0 Å². The van der Waals surface area contributed by atoms with Crippen LogP contribution in [-0.2, 0) is 4.74 Å². The molecule has 0 heterocycles. The summed E-state index contributed by atoms with van der Waals surface area (Å²) in [5, 5.41) is 10.0.